The molecule has 1 aromatic heterocycles. The summed E-state index contributed by atoms with van der Waals surface area (Å²) in [5.74, 6) is -0.640. The van der Waals surface area contributed by atoms with Crippen LogP contribution in [0.15, 0.2) is 43.0 Å². The molecule has 0 atom stereocenters. The number of rotatable bonds is 4. The first-order valence-corrected chi connectivity index (χ1v) is 6.36. The Kier molecular flexibility index (Phi) is 6.09. The van der Waals surface area contributed by atoms with Crippen LogP contribution in [0.25, 0.3) is 0 Å². The van der Waals surface area contributed by atoms with Crippen molar-refractivity contribution in [2.24, 2.45) is 7.05 Å². The minimum absolute atomic E-state index is 0. The second kappa shape index (κ2) is 7.58. The molecule has 118 valence electrons. The van der Waals surface area contributed by atoms with E-state index in [1.807, 2.05) is 7.05 Å². The Bertz CT molecular complexity index is 654. The van der Waals surface area contributed by atoms with Crippen molar-refractivity contribution < 1.29 is 31.8 Å². The van der Waals surface area contributed by atoms with Gasteiger partial charge in [0.2, 0.25) is 12.2 Å². The van der Waals surface area contributed by atoms with Gasteiger partial charge in [-0.15, -0.1) is 0 Å². The quantitative estimate of drug-likeness (QED) is 0.377. The Morgan fingerprint density at radius 1 is 1.32 bits per heavy atom. The molecule has 0 saturated carbocycles. The van der Waals surface area contributed by atoms with Gasteiger partial charge in [-0.3, -0.25) is 14.8 Å². The summed E-state index contributed by atoms with van der Waals surface area (Å²) < 4.78 is 3.47. The van der Waals surface area contributed by atoms with Crippen molar-refractivity contribution in [3.63, 3.8) is 0 Å². The Morgan fingerprint density at radius 3 is 2.45 bits per heavy atom. The second-order valence-electron chi connectivity index (χ2n) is 4.69. The van der Waals surface area contributed by atoms with Crippen LogP contribution in [0.1, 0.15) is 6.92 Å². The van der Waals surface area contributed by atoms with Crippen molar-refractivity contribution >= 4 is 23.2 Å². The van der Waals surface area contributed by atoms with Crippen LogP contribution in [0.3, 0.4) is 0 Å². The number of aryl methyl sites for hydroxylation is 1. The third kappa shape index (κ3) is 4.57. The van der Waals surface area contributed by atoms with Gasteiger partial charge in [-0.1, -0.05) is 0 Å². The van der Waals surface area contributed by atoms with Crippen molar-refractivity contribution in [2.45, 2.75) is 13.5 Å². The Hall–Kier alpha value is -2.38. The summed E-state index contributed by atoms with van der Waals surface area (Å²) in [5, 5.41) is 13.1. The molecule has 0 saturated heterocycles. The topological polar surface area (TPSA) is 78.5 Å². The smallest absolute Gasteiger partial charge is 0.292 e. The van der Waals surface area contributed by atoms with Crippen molar-refractivity contribution in [1.82, 2.24) is 4.57 Å². The van der Waals surface area contributed by atoms with Crippen molar-refractivity contribution in [3.8, 4) is 0 Å². The molecule has 2 amide bonds. The minimum Gasteiger partial charge on any atom is -1.00 e. The maximum absolute atomic E-state index is 12.0. The van der Waals surface area contributed by atoms with E-state index in [4.69, 9.17) is 0 Å². The van der Waals surface area contributed by atoms with E-state index >= 15 is 0 Å². The molecule has 0 aliphatic heterocycles. The predicted molar refractivity (Wildman–Crippen MR) is 75.6 cm³/mol. The molecule has 0 radical (unpaired) electrons. The average Bonchev–Trinajstić information content (AvgIpc) is 2.83. The zero-order valence-electron chi connectivity index (χ0n) is 12.2. The molecule has 7 nitrogen and oxygen atoms in total. The number of halogens is 1. The Balaban J connectivity index is 0.00000242. The number of aromatic nitrogens is 2. The van der Waals surface area contributed by atoms with Gasteiger partial charge in [0.15, 0.2) is 6.54 Å². The molecule has 2 aromatic rings. The maximum Gasteiger partial charge on any atom is 0.292 e. The average molecular weight is 325 g/mol. The van der Waals surface area contributed by atoms with Gasteiger partial charge in [-0.05, 0) is 24.3 Å². The van der Waals surface area contributed by atoms with Crippen LogP contribution in [0, 0.1) is 0 Å². The van der Waals surface area contributed by atoms with E-state index < -0.39 is 5.91 Å². The zero-order valence-corrected chi connectivity index (χ0v) is 13.0. The predicted octanol–water partition coefficient (Wildman–Crippen LogP) is -2.30. The third-order valence-corrected chi connectivity index (χ3v) is 2.81. The van der Waals surface area contributed by atoms with E-state index in [0.717, 1.165) is 0 Å². The van der Waals surface area contributed by atoms with E-state index in [1.165, 1.54) is 6.92 Å². The number of benzene rings is 1. The van der Waals surface area contributed by atoms with Crippen LogP contribution in [0.4, 0.5) is 11.4 Å². The van der Waals surface area contributed by atoms with Crippen LogP contribution in [-0.4, -0.2) is 21.6 Å². The van der Waals surface area contributed by atoms with Crippen LogP contribution in [0.5, 0.6) is 0 Å². The van der Waals surface area contributed by atoms with Gasteiger partial charge >= 0.3 is 0 Å². The third-order valence-electron chi connectivity index (χ3n) is 2.81. The number of carbonyl (C=O) groups excluding carboxylic acids is 2. The summed E-state index contributed by atoms with van der Waals surface area (Å²) in [6.45, 7) is 1.44. The van der Waals surface area contributed by atoms with E-state index in [0.29, 0.717) is 16.4 Å². The molecule has 0 unspecified atom stereocenters. The molecule has 0 bridgehead atoms. The van der Waals surface area contributed by atoms with Crippen molar-refractivity contribution in [2.75, 3.05) is 10.4 Å². The largest absolute Gasteiger partial charge is 1.00 e. The first-order chi connectivity index (χ1) is 9.95. The fourth-order valence-electron chi connectivity index (χ4n) is 1.85. The van der Waals surface area contributed by atoms with Gasteiger partial charge in [0, 0.05) is 12.6 Å². The number of hydrogen-bond donors (Lipinski definition) is 2. The highest BCUT2D eigenvalue weighted by Crippen LogP contribution is 2.17. The number of carbonyl (C=O) groups is 2. The van der Waals surface area contributed by atoms with Gasteiger partial charge in [0.25, 0.3) is 5.91 Å². The summed E-state index contributed by atoms with van der Waals surface area (Å²) in [7, 11) is 1.85. The molecule has 0 aliphatic carbocycles. The number of nitrogens with one attached hydrogen (secondary N) is 1. The second-order valence-corrected chi connectivity index (χ2v) is 4.69. The lowest BCUT2D eigenvalue weighted by Crippen LogP contribution is -3.00. The number of anilines is 2. The molecule has 22 heavy (non-hydrogen) atoms. The summed E-state index contributed by atoms with van der Waals surface area (Å²) in [4.78, 5) is 22.9. The monoisotopic (exact) mass is 324 g/mol. The summed E-state index contributed by atoms with van der Waals surface area (Å²) in [5.41, 5.74) is 0.940. The fourth-order valence-corrected chi connectivity index (χ4v) is 1.85. The lowest BCUT2D eigenvalue weighted by atomic mass is 10.2. The molecule has 1 heterocycles. The van der Waals surface area contributed by atoms with Gasteiger partial charge in [0.05, 0.1) is 12.7 Å². The molecular formula is C14H17ClN4O3. The Labute approximate surface area is 134 Å². The number of hydrogen-bond acceptors (Lipinski definition) is 3. The molecule has 0 fully saturated rings. The molecule has 1 aromatic carbocycles. The highest BCUT2D eigenvalue weighted by molar-refractivity contribution is 5.92. The van der Waals surface area contributed by atoms with E-state index in [9.17, 15) is 14.8 Å². The number of hydroxylamine groups is 1. The van der Waals surface area contributed by atoms with Crippen molar-refractivity contribution in [1.29, 1.82) is 0 Å². The van der Waals surface area contributed by atoms with Gasteiger partial charge in [-0.25, -0.2) is 9.13 Å². The summed E-state index contributed by atoms with van der Waals surface area (Å²) in [6.07, 6.45) is 5.29. The molecule has 0 aliphatic rings. The summed E-state index contributed by atoms with van der Waals surface area (Å²) >= 11 is 0. The number of imidazole rings is 1. The lowest BCUT2D eigenvalue weighted by molar-refractivity contribution is -0.671. The van der Waals surface area contributed by atoms with Crippen LogP contribution >= 0.6 is 0 Å². The highest BCUT2D eigenvalue weighted by atomic mass is 35.5. The number of amides is 2. The van der Waals surface area contributed by atoms with E-state index in [2.05, 4.69) is 5.32 Å². The van der Waals surface area contributed by atoms with E-state index in [-0.39, 0.29) is 24.9 Å². The van der Waals surface area contributed by atoms with Crippen LogP contribution in [-0.2, 0) is 23.2 Å². The van der Waals surface area contributed by atoms with Gasteiger partial charge in [-0.2, -0.15) is 5.06 Å². The highest BCUT2D eigenvalue weighted by Gasteiger charge is 2.16. The molecule has 8 heteroatoms. The van der Waals surface area contributed by atoms with Gasteiger partial charge in [0.1, 0.15) is 12.4 Å². The summed E-state index contributed by atoms with van der Waals surface area (Å²) in [6, 6.07) is 6.34. The maximum atomic E-state index is 12.0. The molecule has 2 N–H and O–H groups in total. The van der Waals surface area contributed by atoms with Gasteiger partial charge < -0.3 is 17.7 Å². The first kappa shape index (κ1) is 17.7. The standard InChI is InChI=1S/C14H16N4O3.ClH/c1-11(19)15-12-3-5-13(6-4-12)18(21)14(20)9-17-8-7-16(2)10-17;/h3-8,10,21H,9H2,1-2H3;1H. The molecule has 0 spiro atoms. The van der Waals surface area contributed by atoms with Crippen LogP contribution < -0.4 is 27.4 Å². The molecular weight excluding hydrogens is 308 g/mol. The fraction of sp³-hybridized carbons (Fsp3) is 0.214. The minimum atomic E-state index is -0.460. The first-order valence-electron chi connectivity index (χ1n) is 6.36. The SMILES string of the molecule is CC(=O)Nc1ccc(N(O)C(=O)Cn2cc[n+](C)c2)cc1.[Cl-]. The zero-order chi connectivity index (χ0) is 15.4. The van der Waals surface area contributed by atoms with E-state index in [1.54, 1.807) is 52.1 Å². The number of nitrogens with zero attached hydrogens (tertiary/aromatic N) is 3. The molecule has 2 rings (SSSR count). The Morgan fingerprint density at radius 2 is 1.95 bits per heavy atom. The van der Waals surface area contributed by atoms with Crippen molar-refractivity contribution in [3.05, 3.63) is 43.0 Å². The lowest BCUT2D eigenvalue weighted by Gasteiger charge is -2.14. The van der Waals surface area contributed by atoms with Crippen LogP contribution in [0.2, 0.25) is 0 Å². The normalized spacial score (nSPS) is 9.77.